The standard InChI is InChI=1S/C87H53N9/c1-4-26-54(27-5-1)91-65-40-18-10-32-57(65)79-73(91)48-51-76-82(79)60-35-13-21-43-68(60)94(76)71-46-24-16-38-63(71)85-88-86(90-87(89-85)96-70-45-23-15-37-62(70)84-78(96)53-50-75-81(84)59-34-12-20-42-67(59)93(75)56-30-8-3-9-31-56)64-39-17-25-47-72(64)95-69-44-22-14-36-61(69)83-77(95)52-49-74-80(83)58-33-11-19-41-66(58)92(74)55-28-6-2-7-29-55/h1-53H. The Balaban J connectivity index is 0.854. The zero-order chi connectivity index (χ0) is 62.7. The lowest BCUT2D eigenvalue weighted by molar-refractivity contribution is 0.950. The van der Waals surface area contributed by atoms with Gasteiger partial charge in [-0.25, -0.2) is 4.98 Å². The third-order valence-electron chi connectivity index (χ3n) is 20.1. The van der Waals surface area contributed by atoms with Crippen molar-refractivity contribution in [2.45, 2.75) is 0 Å². The van der Waals surface area contributed by atoms with Crippen molar-refractivity contribution in [1.29, 1.82) is 0 Å². The van der Waals surface area contributed by atoms with Crippen LogP contribution < -0.4 is 0 Å². The summed E-state index contributed by atoms with van der Waals surface area (Å²) < 4.78 is 14.3. The lowest BCUT2D eigenvalue weighted by Gasteiger charge is -2.17. The van der Waals surface area contributed by atoms with Gasteiger partial charge in [-0.1, -0.05) is 188 Å². The second kappa shape index (κ2) is 20.2. The molecular formula is C87H53N9. The number of benzene rings is 14. The van der Waals surface area contributed by atoms with Crippen LogP contribution in [0.3, 0.4) is 0 Å². The highest BCUT2D eigenvalue weighted by Gasteiger charge is 2.28. The van der Waals surface area contributed by atoms with Crippen molar-refractivity contribution >= 4 is 131 Å². The molecule has 0 saturated carbocycles. The quantitative estimate of drug-likeness (QED) is 0.152. The Bertz CT molecular complexity index is 6530. The van der Waals surface area contributed by atoms with E-state index >= 15 is 0 Å². The van der Waals surface area contributed by atoms with Gasteiger partial charge in [-0.2, -0.15) is 9.97 Å². The van der Waals surface area contributed by atoms with Crippen LogP contribution in [-0.2, 0) is 0 Å². The van der Waals surface area contributed by atoms with Crippen molar-refractivity contribution < 1.29 is 0 Å². The first-order valence-corrected chi connectivity index (χ1v) is 32.7. The fourth-order valence-electron chi connectivity index (χ4n) is 16.3. The maximum Gasteiger partial charge on any atom is 0.238 e. The second-order valence-electron chi connectivity index (χ2n) is 25.0. The SMILES string of the molecule is c1ccc(-n2c3ccccc3c3c4c5ccccc5n(-c5nc(-c6ccccc6-n6c7ccccc7c7c8c9ccccc9n(-c9ccccc9)c8ccc76)nc(-c6ccccc6-n6c7ccccc7c7c8c9ccccc9n(-c9ccccc9)c8ccc76)n5)c4ccc32)cc1. The van der Waals surface area contributed by atoms with Crippen LogP contribution in [0.1, 0.15) is 0 Å². The monoisotopic (exact) mass is 1220 g/mol. The van der Waals surface area contributed by atoms with Crippen LogP contribution in [0.2, 0.25) is 0 Å². The fourth-order valence-corrected chi connectivity index (χ4v) is 16.3. The Morgan fingerprint density at radius 3 is 0.708 bits per heavy atom. The van der Waals surface area contributed by atoms with E-state index in [0.717, 1.165) is 127 Å². The van der Waals surface area contributed by atoms with Crippen LogP contribution in [-0.4, -0.2) is 42.4 Å². The van der Waals surface area contributed by atoms with Gasteiger partial charge >= 0.3 is 0 Å². The van der Waals surface area contributed by atoms with Crippen molar-refractivity contribution in [3.05, 3.63) is 322 Å². The van der Waals surface area contributed by atoms with E-state index < -0.39 is 0 Å². The van der Waals surface area contributed by atoms with Crippen LogP contribution in [0.4, 0.5) is 0 Å². The smallest absolute Gasteiger partial charge is 0.238 e. The van der Waals surface area contributed by atoms with Gasteiger partial charge in [0.2, 0.25) is 5.95 Å². The number of fused-ring (bicyclic) bond motifs is 21. The summed E-state index contributed by atoms with van der Waals surface area (Å²) in [6, 6.07) is 116. The number of rotatable bonds is 8. The maximum absolute atomic E-state index is 5.82. The van der Waals surface area contributed by atoms with E-state index in [9.17, 15) is 0 Å². The van der Waals surface area contributed by atoms with Crippen molar-refractivity contribution in [1.82, 2.24) is 42.4 Å². The Morgan fingerprint density at radius 1 is 0.167 bits per heavy atom. The molecule has 0 amide bonds. The molecule has 0 atom stereocenters. The molecule has 21 aromatic rings. The molecule has 0 saturated heterocycles. The molecule has 446 valence electrons. The van der Waals surface area contributed by atoms with Crippen molar-refractivity contribution in [2.75, 3.05) is 0 Å². The summed E-state index contributed by atoms with van der Waals surface area (Å²) in [5.74, 6) is 1.59. The molecule has 0 spiro atoms. The lowest BCUT2D eigenvalue weighted by atomic mass is 10.1. The molecular weight excluding hydrogens is 1170 g/mol. The highest BCUT2D eigenvalue weighted by atomic mass is 15.2. The predicted octanol–water partition coefficient (Wildman–Crippen LogP) is 21.8. The molecule has 0 aliphatic carbocycles. The van der Waals surface area contributed by atoms with E-state index in [1.54, 1.807) is 0 Å². The topological polar surface area (TPSA) is 68.2 Å². The van der Waals surface area contributed by atoms with E-state index in [1.807, 2.05) is 0 Å². The van der Waals surface area contributed by atoms with Crippen LogP contribution in [0.5, 0.6) is 0 Å². The Hall–Kier alpha value is -13.1. The molecule has 7 heterocycles. The summed E-state index contributed by atoms with van der Waals surface area (Å²) in [5, 5.41) is 14.1. The van der Waals surface area contributed by atoms with E-state index in [0.29, 0.717) is 17.6 Å². The van der Waals surface area contributed by atoms with E-state index in [1.165, 1.54) is 43.1 Å². The number of para-hydroxylation sites is 11. The van der Waals surface area contributed by atoms with E-state index in [-0.39, 0.29) is 0 Å². The molecule has 0 unspecified atom stereocenters. The minimum Gasteiger partial charge on any atom is -0.309 e. The number of nitrogens with zero attached hydrogens (tertiary/aromatic N) is 9. The molecule has 21 rings (SSSR count). The maximum atomic E-state index is 5.82. The minimum absolute atomic E-state index is 0.507. The van der Waals surface area contributed by atoms with Crippen LogP contribution >= 0.6 is 0 Å². The molecule has 7 aromatic heterocycles. The van der Waals surface area contributed by atoms with Crippen LogP contribution in [0.15, 0.2) is 322 Å². The zero-order valence-electron chi connectivity index (χ0n) is 51.6. The summed E-state index contributed by atoms with van der Waals surface area (Å²) in [4.78, 5) is 17.5. The average molecular weight is 1220 g/mol. The van der Waals surface area contributed by atoms with Gasteiger partial charge in [-0.15, -0.1) is 0 Å². The van der Waals surface area contributed by atoms with Gasteiger partial charge in [0, 0.05) is 92.8 Å². The molecule has 96 heavy (non-hydrogen) atoms. The minimum atomic E-state index is 0.507. The molecule has 9 nitrogen and oxygen atoms in total. The van der Waals surface area contributed by atoms with Crippen LogP contribution in [0, 0.1) is 0 Å². The highest BCUT2D eigenvalue weighted by molar-refractivity contribution is 6.32. The summed E-state index contributed by atoms with van der Waals surface area (Å²) in [5.41, 5.74) is 20.2. The molecule has 0 radical (unpaired) electrons. The normalized spacial score (nSPS) is 12.2. The molecule has 0 aliphatic heterocycles. The summed E-state index contributed by atoms with van der Waals surface area (Å²) in [6.45, 7) is 0. The van der Waals surface area contributed by atoms with Gasteiger partial charge in [0.05, 0.1) is 77.6 Å². The fraction of sp³-hybridized carbons (Fsp3) is 0. The number of hydrogen-bond acceptors (Lipinski definition) is 3. The second-order valence-corrected chi connectivity index (χ2v) is 25.0. The molecule has 14 aromatic carbocycles. The van der Waals surface area contributed by atoms with Gasteiger partial charge in [0.1, 0.15) is 0 Å². The van der Waals surface area contributed by atoms with Gasteiger partial charge < -0.3 is 22.8 Å². The Kier molecular flexibility index (Phi) is 11.0. The largest absolute Gasteiger partial charge is 0.309 e. The predicted molar refractivity (Wildman–Crippen MR) is 397 cm³/mol. The lowest BCUT2D eigenvalue weighted by Crippen LogP contribution is -2.09. The molecule has 0 fully saturated rings. The molecule has 0 aliphatic rings. The summed E-state index contributed by atoms with van der Waals surface area (Å²) >= 11 is 0. The first-order chi connectivity index (χ1) is 47.7. The third kappa shape index (κ3) is 7.30. The van der Waals surface area contributed by atoms with E-state index in [4.69, 9.17) is 15.0 Å². The summed E-state index contributed by atoms with van der Waals surface area (Å²) in [7, 11) is 0. The van der Waals surface area contributed by atoms with Crippen molar-refractivity contribution in [3.8, 4) is 57.2 Å². The third-order valence-corrected chi connectivity index (χ3v) is 20.1. The summed E-state index contributed by atoms with van der Waals surface area (Å²) in [6.07, 6.45) is 0. The molecule has 0 N–H and O–H groups in total. The number of hydrogen-bond donors (Lipinski definition) is 0. The van der Waals surface area contributed by atoms with Gasteiger partial charge in [0.25, 0.3) is 0 Å². The zero-order valence-corrected chi connectivity index (χ0v) is 51.6. The Morgan fingerprint density at radius 2 is 0.396 bits per heavy atom. The van der Waals surface area contributed by atoms with Crippen molar-refractivity contribution in [2.24, 2.45) is 0 Å². The average Bonchev–Trinajstić information content (AvgIpc) is 1.55. The first kappa shape index (κ1) is 52.5. The molecule has 0 bridgehead atoms. The first-order valence-electron chi connectivity index (χ1n) is 32.7. The van der Waals surface area contributed by atoms with Gasteiger partial charge in [0.15, 0.2) is 11.6 Å². The van der Waals surface area contributed by atoms with Crippen molar-refractivity contribution in [3.63, 3.8) is 0 Å². The number of aromatic nitrogens is 9. The Labute approximate surface area is 548 Å². The van der Waals surface area contributed by atoms with Gasteiger partial charge in [-0.3, -0.25) is 4.57 Å². The highest BCUT2D eigenvalue weighted by Crippen LogP contribution is 2.48. The van der Waals surface area contributed by atoms with Crippen LogP contribution in [0.25, 0.3) is 188 Å². The molecule has 9 heteroatoms. The van der Waals surface area contributed by atoms with Gasteiger partial charge in [-0.05, 0) is 133 Å². The van der Waals surface area contributed by atoms with E-state index in [2.05, 4.69) is 349 Å².